The summed E-state index contributed by atoms with van der Waals surface area (Å²) in [5.74, 6) is 0.326. The van der Waals surface area contributed by atoms with Crippen molar-refractivity contribution >= 4 is 15.2 Å². The van der Waals surface area contributed by atoms with Gasteiger partial charge in [0.25, 0.3) is 0 Å². The first-order valence-electron chi connectivity index (χ1n) is 9.86. The van der Waals surface area contributed by atoms with Crippen LogP contribution in [0.15, 0.2) is 0 Å². The summed E-state index contributed by atoms with van der Waals surface area (Å²) in [6.45, 7) is 8.57. The number of rotatable bonds is 8. The maximum atomic E-state index is 12.7. The fourth-order valence-corrected chi connectivity index (χ4v) is 4.92. The smallest absolute Gasteiger partial charge is 0.317 e. The van der Waals surface area contributed by atoms with Gasteiger partial charge in [0.1, 0.15) is 0 Å². The van der Waals surface area contributed by atoms with Gasteiger partial charge in [-0.25, -0.2) is 0 Å². The molecule has 2 aliphatic carbocycles. The molecule has 0 aromatic rings. The lowest BCUT2D eigenvalue weighted by Crippen LogP contribution is -2.38. The fourth-order valence-electron chi connectivity index (χ4n) is 4.38. The summed E-state index contributed by atoms with van der Waals surface area (Å²) >= 11 is 0. The Hall–Kier alpha value is -0.140. The monoisotopic (exact) mass is 356 g/mol. The van der Waals surface area contributed by atoms with E-state index in [2.05, 4.69) is 30.0 Å². The van der Waals surface area contributed by atoms with Crippen LogP contribution >= 0.6 is 9.24 Å². The second kappa shape index (κ2) is 8.49. The molecule has 0 aliphatic heterocycles. The van der Waals surface area contributed by atoms with Crippen LogP contribution in [0.2, 0.25) is 0 Å². The summed E-state index contributed by atoms with van der Waals surface area (Å²) in [5, 5.41) is -0.526. The Labute approximate surface area is 150 Å². The van der Waals surface area contributed by atoms with Gasteiger partial charge in [-0.05, 0) is 50.4 Å². The van der Waals surface area contributed by atoms with Crippen molar-refractivity contribution in [2.45, 2.75) is 109 Å². The van der Waals surface area contributed by atoms with Crippen LogP contribution < -0.4 is 0 Å². The average Bonchev–Trinajstić information content (AvgIpc) is 3.09. The quantitative estimate of drug-likeness (QED) is 0.329. The van der Waals surface area contributed by atoms with E-state index in [0.717, 1.165) is 25.7 Å². The van der Waals surface area contributed by atoms with E-state index in [9.17, 15) is 4.79 Å². The molecular weight excluding hydrogens is 319 g/mol. The highest BCUT2D eigenvalue weighted by atomic mass is 31.0. The molecule has 2 fully saturated rings. The van der Waals surface area contributed by atoms with Crippen LogP contribution in [0.3, 0.4) is 0 Å². The number of carbonyl (C=O) groups is 1. The number of carbonyl (C=O) groups excluding carboxylic acids is 1. The average molecular weight is 356 g/mol. The van der Waals surface area contributed by atoms with E-state index >= 15 is 0 Å². The SMILES string of the molecule is CC(C)CC(C)(P)C(=O)OC(CC1(C)CCCC1)OC1CCCC1. The number of ether oxygens (including phenoxy) is 2. The molecule has 0 spiro atoms. The maximum absolute atomic E-state index is 12.7. The normalized spacial score (nSPS) is 24.9. The van der Waals surface area contributed by atoms with Gasteiger partial charge < -0.3 is 9.47 Å². The predicted molar refractivity (Wildman–Crippen MR) is 102 cm³/mol. The Balaban J connectivity index is 1.99. The van der Waals surface area contributed by atoms with Crippen LogP contribution in [-0.2, 0) is 14.3 Å². The third-order valence-electron chi connectivity index (χ3n) is 5.65. The molecule has 4 heteroatoms. The minimum absolute atomic E-state index is 0.134. The largest absolute Gasteiger partial charge is 0.435 e. The molecule has 0 saturated heterocycles. The van der Waals surface area contributed by atoms with E-state index in [0.29, 0.717) is 5.92 Å². The summed E-state index contributed by atoms with van der Waals surface area (Å²) in [4.78, 5) is 12.7. The molecule has 24 heavy (non-hydrogen) atoms. The van der Waals surface area contributed by atoms with Crippen LogP contribution in [0, 0.1) is 11.3 Å². The zero-order valence-corrected chi connectivity index (χ0v) is 17.3. The lowest BCUT2D eigenvalue weighted by atomic mass is 9.85. The molecule has 3 atom stereocenters. The van der Waals surface area contributed by atoms with Crippen molar-refractivity contribution in [3.8, 4) is 0 Å². The van der Waals surface area contributed by atoms with Gasteiger partial charge in [-0.3, -0.25) is 4.79 Å². The van der Waals surface area contributed by atoms with E-state index in [1.54, 1.807) is 0 Å². The minimum Gasteiger partial charge on any atom is -0.435 e. The van der Waals surface area contributed by atoms with Gasteiger partial charge in [0.15, 0.2) is 0 Å². The Morgan fingerprint density at radius 3 is 2.33 bits per heavy atom. The predicted octanol–water partition coefficient (Wildman–Crippen LogP) is 5.47. The van der Waals surface area contributed by atoms with Crippen LogP contribution in [0.4, 0.5) is 0 Å². The highest BCUT2D eigenvalue weighted by molar-refractivity contribution is 7.20. The van der Waals surface area contributed by atoms with Crippen LogP contribution in [0.1, 0.15) is 91.9 Å². The van der Waals surface area contributed by atoms with Crippen molar-refractivity contribution in [3.05, 3.63) is 0 Å². The zero-order valence-electron chi connectivity index (χ0n) is 16.1. The summed E-state index contributed by atoms with van der Waals surface area (Å²) < 4.78 is 12.2. The van der Waals surface area contributed by atoms with Crippen LogP contribution in [0.5, 0.6) is 0 Å². The van der Waals surface area contributed by atoms with E-state index in [1.165, 1.54) is 38.5 Å². The summed E-state index contributed by atoms with van der Waals surface area (Å²) in [5.41, 5.74) is 0.263. The Morgan fingerprint density at radius 2 is 1.79 bits per heavy atom. The number of hydrogen-bond donors (Lipinski definition) is 0. The molecule has 0 amide bonds. The molecule has 3 unspecified atom stereocenters. The zero-order chi connectivity index (χ0) is 17.8. The van der Waals surface area contributed by atoms with Crippen LogP contribution in [-0.4, -0.2) is 23.5 Å². The van der Waals surface area contributed by atoms with Gasteiger partial charge in [0.05, 0.1) is 11.3 Å². The van der Waals surface area contributed by atoms with Gasteiger partial charge in [-0.15, -0.1) is 9.24 Å². The first-order valence-corrected chi connectivity index (χ1v) is 10.4. The second-order valence-electron chi connectivity index (χ2n) is 9.11. The van der Waals surface area contributed by atoms with Crippen molar-refractivity contribution in [1.29, 1.82) is 0 Å². The number of esters is 1. The van der Waals surface area contributed by atoms with Gasteiger partial charge in [0.2, 0.25) is 6.29 Å². The minimum atomic E-state index is -0.526. The maximum Gasteiger partial charge on any atom is 0.317 e. The lowest BCUT2D eigenvalue weighted by molar-refractivity contribution is -0.199. The molecule has 2 saturated carbocycles. The molecule has 0 N–H and O–H groups in total. The standard InChI is InChI=1S/C20H37O3P/c1-15(2)13-20(4,24)18(21)23-17(22-16-9-5-6-10-16)14-19(3)11-7-8-12-19/h15-17H,5-14,24H2,1-4H3. The lowest BCUT2D eigenvalue weighted by Gasteiger charge is -2.33. The topological polar surface area (TPSA) is 35.5 Å². The van der Waals surface area contributed by atoms with Crippen LogP contribution in [0.25, 0.3) is 0 Å². The molecule has 140 valence electrons. The third-order valence-corrected chi connectivity index (χ3v) is 6.13. The molecular formula is C20H37O3P. The highest BCUT2D eigenvalue weighted by Crippen LogP contribution is 2.43. The van der Waals surface area contributed by atoms with E-state index in [4.69, 9.17) is 9.47 Å². The summed E-state index contributed by atoms with van der Waals surface area (Å²) in [6.07, 6.45) is 11.2. The second-order valence-corrected chi connectivity index (χ2v) is 10.4. The van der Waals surface area contributed by atoms with Crippen molar-refractivity contribution < 1.29 is 14.3 Å². The highest BCUT2D eigenvalue weighted by Gasteiger charge is 2.38. The van der Waals surface area contributed by atoms with E-state index in [-0.39, 0.29) is 23.8 Å². The van der Waals surface area contributed by atoms with Gasteiger partial charge in [0, 0.05) is 6.42 Å². The van der Waals surface area contributed by atoms with E-state index < -0.39 is 5.16 Å². The van der Waals surface area contributed by atoms with Crippen molar-refractivity contribution in [2.75, 3.05) is 0 Å². The first kappa shape index (κ1) is 20.2. The molecule has 2 rings (SSSR count). The fraction of sp³-hybridized carbons (Fsp3) is 0.950. The Kier molecular flexibility index (Phi) is 7.14. The first-order chi connectivity index (χ1) is 11.2. The van der Waals surface area contributed by atoms with Crippen molar-refractivity contribution in [1.82, 2.24) is 0 Å². The number of hydrogen-bond acceptors (Lipinski definition) is 3. The molecule has 3 nitrogen and oxygen atoms in total. The third kappa shape index (κ3) is 5.99. The molecule has 0 bridgehead atoms. The van der Waals surface area contributed by atoms with Gasteiger partial charge in [-0.2, -0.15) is 0 Å². The molecule has 0 aromatic carbocycles. The van der Waals surface area contributed by atoms with Crippen molar-refractivity contribution in [3.63, 3.8) is 0 Å². The molecule has 0 heterocycles. The van der Waals surface area contributed by atoms with Gasteiger partial charge in [-0.1, -0.05) is 46.5 Å². The summed E-state index contributed by atoms with van der Waals surface area (Å²) in [6, 6.07) is 0. The Morgan fingerprint density at radius 1 is 1.21 bits per heavy atom. The Bertz CT molecular complexity index is 407. The summed E-state index contributed by atoms with van der Waals surface area (Å²) in [7, 11) is 2.70. The molecule has 0 aromatic heterocycles. The van der Waals surface area contributed by atoms with E-state index in [1.807, 2.05) is 6.92 Å². The van der Waals surface area contributed by atoms with Crippen molar-refractivity contribution in [2.24, 2.45) is 11.3 Å². The van der Waals surface area contributed by atoms with Gasteiger partial charge >= 0.3 is 5.97 Å². The molecule has 2 aliphatic rings. The molecule has 0 radical (unpaired) electrons.